The standard InChI is InChI=1S/C6H7N.C6H8O2/c1-6-2-4-7-5-3-6;1-2-3-4-5-6(7)8/h2-5H,1H3;2-5H,1H3,(H,7,8)/b;3-2+,5-4+. The fourth-order valence-electron chi connectivity index (χ4n) is 0.675. The summed E-state index contributed by atoms with van der Waals surface area (Å²) in [6.07, 6.45) is 9.56. The van der Waals surface area contributed by atoms with E-state index in [1.165, 1.54) is 11.6 Å². The summed E-state index contributed by atoms with van der Waals surface area (Å²) >= 11 is 0. The van der Waals surface area contributed by atoms with E-state index in [9.17, 15) is 4.79 Å². The second kappa shape index (κ2) is 8.69. The third-order valence-electron chi connectivity index (χ3n) is 1.39. The Morgan fingerprint density at radius 2 is 1.93 bits per heavy atom. The molecule has 0 aliphatic rings. The second-order valence-corrected chi connectivity index (χ2v) is 2.75. The molecule has 80 valence electrons. The molecule has 1 aromatic heterocycles. The Bertz CT molecular complexity index is 329. The maximum Gasteiger partial charge on any atom is 0.328 e. The number of hydrogen-bond donors (Lipinski definition) is 1. The van der Waals surface area contributed by atoms with Gasteiger partial charge >= 0.3 is 5.97 Å². The smallest absolute Gasteiger partial charge is 0.328 e. The minimum atomic E-state index is -0.914. The zero-order valence-corrected chi connectivity index (χ0v) is 8.92. The summed E-state index contributed by atoms with van der Waals surface area (Å²) in [4.78, 5) is 13.6. The minimum Gasteiger partial charge on any atom is -0.478 e. The van der Waals surface area contributed by atoms with Crippen molar-refractivity contribution in [3.05, 3.63) is 54.4 Å². The topological polar surface area (TPSA) is 50.2 Å². The number of rotatable bonds is 2. The van der Waals surface area contributed by atoms with Crippen molar-refractivity contribution < 1.29 is 9.90 Å². The quantitative estimate of drug-likeness (QED) is 0.596. The highest BCUT2D eigenvalue weighted by molar-refractivity contribution is 5.80. The monoisotopic (exact) mass is 205 g/mol. The van der Waals surface area contributed by atoms with Crippen LogP contribution in [0.25, 0.3) is 0 Å². The van der Waals surface area contributed by atoms with Gasteiger partial charge in [0, 0.05) is 18.5 Å². The average molecular weight is 205 g/mol. The van der Waals surface area contributed by atoms with Crippen molar-refractivity contribution >= 4 is 5.97 Å². The van der Waals surface area contributed by atoms with Gasteiger partial charge in [0.2, 0.25) is 0 Å². The van der Waals surface area contributed by atoms with E-state index in [0.717, 1.165) is 6.08 Å². The average Bonchev–Trinajstić information content (AvgIpc) is 2.20. The van der Waals surface area contributed by atoms with Crippen molar-refractivity contribution in [2.24, 2.45) is 0 Å². The predicted octanol–water partition coefficient (Wildman–Crippen LogP) is 2.59. The van der Waals surface area contributed by atoms with Gasteiger partial charge in [0.25, 0.3) is 0 Å². The molecule has 0 radical (unpaired) electrons. The molecule has 1 aromatic rings. The molecule has 15 heavy (non-hydrogen) atoms. The summed E-state index contributed by atoms with van der Waals surface area (Å²) in [5, 5.41) is 8.02. The molecular formula is C12H15NO2. The first kappa shape index (κ1) is 13.1. The Morgan fingerprint density at radius 1 is 1.33 bits per heavy atom. The zero-order valence-electron chi connectivity index (χ0n) is 8.92. The number of aliphatic carboxylic acids is 1. The molecule has 3 nitrogen and oxygen atoms in total. The molecule has 1 N–H and O–H groups in total. The normalized spacial score (nSPS) is 10.0. The molecule has 0 saturated carbocycles. The van der Waals surface area contributed by atoms with E-state index in [1.807, 2.05) is 26.0 Å². The number of carbonyl (C=O) groups is 1. The summed E-state index contributed by atoms with van der Waals surface area (Å²) in [5.41, 5.74) is 1.26. The summed E-state index contributed by atoms with van der Waals surface area (Å²) in [6.45, 7) is 3.87. The van der Waals surface area contributed by atoms with Crippen molar-refractivity contribution in [1.82, 2.24) is 4.98 Å². The van der Waals surface area contributed by atoms with Crippen molar-refractivity contribution in [3.8, 4) is 0 Å². The number of hydrogen-bond acceptors (Lipinski definition) is 2. The van der Waals surface area contributed by atoms with E-state index in [1.54, 1.807) is 24.5 Å². The van der Waals surface area contributed by atoms with Crippen LogP contribution in [0.5, 0.6) is 0 Å². The fourth-order valence-corrected chi connectivity index (χ4v) is 0.675. The lowest BCUT2D eigenvalue weighted by molar-refractivity contribution is -0.131. The van der Waals surface area contributed by atoms with Crippen LogP contribution >= 0.6 is 0 Å². The predicted molar refractivity (Wildman–Crippen MR) is 60.6 cm³/mol. The molecule has 0 aliphatic carbocycles. The molecule has 0 unspecified atom stereocenters. The first-order chi connectivity index (χ1) is 7.16. The first-order valence-corrected chi connectivity index (χ1v) is 4.55. The van der Waals surface area contributed by atoms with Gasteiger partial charge in [-0.15, -0.1) is 0 Å². The molecule has 0 bridgehead atoms. The number of aromatic nitrogens is 1. The first-order valence-electron chi connectivity index (χ1n) is 4.55. The third-order valence-corrected chi connectivity index (χ3v) is 1.39. The number of carboxylic acid groups (broad SMARTS) is 1. The van der Waals surface area contributed by atoms with Crippen LogP contribution in [0.15, 0.2) is 48.8 Å². The Morgan fingerprint density at radius 3 is 2.27 bits per heavy atom. The van der Waals surface area contributed by atoms with Gasteiger partial charge in [-0.1, -0.05) is 18.2 Å². The van der Waals surface area contributed by atoms with Crippen molar-refractivity contribution in [2.45, 2.75) is 13.8 Å². The summed E-state index contributed by atoms with van der Waals surface area (Å²) < 4.78 is 0. The van der Waals surface area contributed by atoms with Crippen LogP contribution in [0.2, 0.25) is 0 Å². The van der Waals surface area contributed by atoms with Crippen molar-refractivity contribution in [2.75, 3.05) is 0 Å². The van der Waals surface area contributed by atoms with Crippen LogP contribution in [0.3, 0.4) is 0 Å². The lowest BCUT2D eigenvalue weighted by atomic mass is 10.3. The number of nitrogens with zero attached hydrogens (tertiary/aromatic N) is 1. The lowest BCUT2D eigenvalue weighted by Crippen LogP contribution is -1.83. The van der Waals surface area contributed by atoms with Crippen LogP contribution in [-0.2, 0) is 4.79 Å². The number of carboxylic acids is 1. The molecule has 3 heteroatoms. The van der Waals surface area contributed by atoms with Crippen LogP contribution < -0.4 is 0 Å². The summed E-state index contributed by atoms with van der Waals surface area (Å²) in [7, 11) is 0. The maximum absolute atomic E-state index is 9.75. The van der Waals surface area contributed by atoms with E-state index in [2.05, 4.69) is 4.98 Å². The summed E-state index contributed by atoms with van der Waals surface area (Å²) in [6, 6.07) is 3.94. The van der Waals surface area contributed by atoms with E-state index < -0.39 is 5.97 Å². The summed E-state index contributed by atoms with van der Waals surface area (Å²) in [5.74, 6) is -0.914. The Hall–Kier alpha value is -1.90. The minimum absolute atomic E-state index is 0.914. The van der Waals surface area contributed by atoms with Gasteiger partial charge in [0.15, 0.2) is 0 Å². The largest absolute Gasteiger partial charge is 0.478 e. The van der Waals surface area contributed by atoms with E-state index in [4.69, 9.17) is 5.11 Å². The van der Waals surface area contributed by atoms with Crippen molar-refractivity contribution in [3.63, 3.8) is 0 Å². The molecule has 0 aromatic carbocycles. The molecule has 0 amide bonds. The number of aryl methyl sites for hydroxylation is 1. The van der Waals surface area contributed by atoms with Gasteiger partial charge in [0.1, 0.15) is 0 Å². The van der Waals surface area contributed by atoms with Crippen molar-refractivity contribution in [1.29, 1.82) is 0 Å². The second-order valence-electron chi connectivity index (χ2n) is 2.75. The van der Waals surface area contributed by atoms with Crippen LogP contribution in [0, 0.1) is 6.92 Å². The number of pyridine rings is 1. The van der Waals surface area contributed by atoms with E-state index >= 15 is 0 Å². The molecule has 0 spiro atoms. The highest BCUT2D eigenvalue weighted by atomic mass is 16.4. The van der Waals surface area contributed by atoms with Gasteiger partial charge in [-0.2, -0.15) is 0 Å². The van der Waals surface area contributed by atoms with Crippen LogP contribution in [0.1, 0.15) is 12.5 Å². The molecule has 0 saturated heterocycles. The maximum atomic E-state index is 9.75. The van der Waals surface area contributed by atoms with Gasteiger partial charge in [-0.3, -0.25) is 4.98 Å². The molecule has 1 rings (SSSR count). The lowest BCUT2D eigenvalue weighted by Gasteiger charge is -1.82. The highest BCUT2D eigenvalue weighted by Crippen LogP contribution is 1.88. The Balaban J connectivity index is 0.000000262. The SMILES string of the molecule is C/C=C/C=C/C(=O)O.Cc1ccncc1. The molecule has 1 heterocycles. The van der Waals surface area contributed by atoms with Gasteiger partial charge in [-0.05, 0) is 31.5 Å². The third kappa shape index (κ3) is 10.0. The zero-order chi connectivity index (χ0) is 11.5. The van der Waals surface area contributed by atoms with E-state index in [-0.39, 0.29) is 0 Å². The fraction of sp³-hybridized carbons (Fsp3) is 0.167. The molecule has 0 atom stereocenters. The van der Waals surface area contributed by atoms with E-state index in [0.29, 0.717) is 0 Å². The highest BCUT2D eigenvalue weighted by Gasteiger charge is 1.78. The van der Waals surface area contributed by atoms with Crippen LogP contribution in [0.4, 0.5) is 0 Å². The molecular weight excluding hydrogens is 190 g/mol. The number of allylic oxidation sites excluding steroid dienone is 3. The Labute approximate surface area is 89.8 Å². The molecule has 0 fully saturated rings. The van der Waals surface area contributed by atoms with Gasteiger partial charge in [0.05, 0.1) is 0 Å². The van der Waals surface area contributed by atoms with Gasteiger partial charge in [-0.25, -0.2) is 4.79 Å². The van der Waals surface area contributed by atoms with Gasteiger partial charge < -0.3 is 5.11 Å². The molecule has 0 aliphatic heterocycles. The van der Waals surface area contributed by atoms with Crippen LogP contribution in [-0.4, -0.2) is 16.1 Å². The Kier molecular flexibility index (Phi) is 7.59.